The molecule has 1 N–H and O–H groups in total. The Morgan fingerprint density at radius 3 is 2.67 bits per heavy atom. The second-order valence-corrected chi connectivity index (χ2v) is 5.38. The number of benzene rings is 2. The molecule has 2 heteroatoms. The van der Waals surface area contributed by atoms with Crippen LogP contribution in [0.4, 0.5) is 0 Å². The van der Waals surface area contributed by atoms with Crippen molar-refractivity contribution in [3.63, 3.8) is 0 Å². The van der Waals surface area contributed by atoms with Gasteiger partial charge in [0.2, 0.25) is 0 Å². The third-order valence-corrected chi connectivity index (χ3v) is 3.81. The van der Waals surface area contributed by atoms with Gasteiger partial charge in [0.25, 0.3) is 0 Å². The van der Waals surface area contributed by atoms with Crippen molar-refractivity contribution < 1.29 is 5.11 Å². The van der Waals surface area contributed by atoms with Crippen molar-refractivity contribution >= 4 is 23.1 Å². The van der Waals surface area contributed by atoms with Gasteiger partial charge in [-0.1, -0.05) is 42.5 Å². The van der Waals surface area contributed by atoms with Gasteiger partial charge in [-0.25, -0.2) is 0 Å². The Morgan fingerprint density at radius 1 is 1.05 bits per heavy atom. The average Bonchev–Trinajstić information content (AvgIpc) is 2.86. The minimum Gasteiger partial charge on any atom is -0.389 e. The molecule has 3 rings (SSSR count). The topological polar surface area (TPSA) is 25.2 Å². The molecule has 0 fully saturated rings. The van der Waals surface area contributed by atoms with E-state index < -0.39 is 6.10 Å². The predicted octanol–water partition coefficient (Wildman–Crippen LogP) is 4.40. The molecule has 2 nitrogen and oxygen atoms in total. The number of rotatable bonds is 3. The van der Waals surface area contributed by atoms with Crippen LogP contribution in [0.3, 0.4) is 0 Å². The van der Waals surface area contributed by atoms with Crippen LogP contribution in [0.5, 0.6) is 0 Å². The van der Waals surface area contributed by atoms with E-state index in [-0.39, 0.29) is 0 Å². The van der Waals surface area contributed by atoms with Crippen molar-refractivity contribution in [3.05, 3.63) is 71.4 Å². The maximum atomic E-state index is 9.81. The van der Waals surface area contributed by atoms with Crippen molar-refractivity contribution in [2.75, 3.05) is 0 Å². The Balaban J connectivity index is 1.94. The summed E-state index contributed by atoms with van der Waals surface area (Å²) in [5, 5.41) is 11.0. The van der Waals surface area contributed by atoms with Crippen molar-refractivity contribution in [1.29, 1.82) is 0 Å². The summed E-state index contributed by atoms with van der Waals surface area (Å²) in [7, 11) is 2.05. The number of aliphatic hydroxyl groups excluding tert-OH is 1. The Kier molecular flexibility index (Phi) is 3.63. The molecule has 0 radical (unpaired) electrons. The van der Waals surface area contributed by atoms with Crippen LogP contribution in [0.15, 0.2) is 54.7 Å². The first kappa shape index (κ1) is 13.7. The summed E-state index contributed by atoms with van der Waals surface area (Å²) < 4.78 is 2.12. The highest BCUT2D eigenvalue weighted by Crippen LogP contribution is 2.21. The highest BCUT2D eigenvalue weighted by atomic mass is 16.3. The van der Waals surface area contributed by atoms with E-state index in [1.807, 2.05) is 24.3 Å². The predicted molar refractivity (Wildman–Crippen MR) is 88.9 cm³/mol. The van der Waals surface area contributed by atoms with Crippen LogP contribution in [-0.4, -0.2) is 9.67 Å². The molecule has 1 heterocycles. The largest absolute Gasteiger partial charge is 0.389 e. The molecule has 0 saturated carbocycles. The van der Waals surface area contributed by atoms with Crippen LogP contribution in [0, 0.1) is 0 Å². The van der Waals surface area contributed by atoms with E-state index in [0.29, 0.717) is 0 Å². The summed E-state index contributed by atoms with van der Waals surface area (Å²) in [6.45, 7) is 1.79. The van der Waals surface area contributed by atoms with E-state index in [2.05, 4.69) is 54.2 Å². The lowest BCUT2D eigenvalue weighted by molar-refractivity contribution is 0.199. The Labute approximate surface area is 125 Å². The lowest BCUT2D eigenvalue weighted by Gasteiger charge is -2.08. The highest BCUT2D eigenvalue weighted by Gasteiger charge is 2.04. The van der Waals surface area contributed by atoms with E-state index >= 15 is 0 Å². The van der Waals surface area contributed by atoms with E-state index in [1.165, 1.54) is 10.9 Å². The summed E-state index contributed by atoms with van der Waals surface area (Å²) in [6, 6.07) is 16.5. The quantitative estimate of drug-likeness (QED) is 0.705. The van der Waals surface area contributed by atoms with Gasteiger partial charge < -0.3 is 9.67 Å². The van der Waals surface area contributed by atoms with Gasteiger partial charge in [-0.15, -0.1) is 0 Å². The smallest absolute Gasteiger partial charge is 0.0767 e. The Bertz CT molecular complexity index is 796. The van der Waals surface area contributed by atoms with Gasteiger partial charge in [-0.05, 0) is 41.8 Å². The minimum atomic E-state index is -0.456. The maximum absolute atomic E-state index is 9.81. The molecule has 0 bridgehead atoms. The molecule has 0 amide bonds. The summed E-state index contributed by atoms with van der Waals surface area (Å²) >= 11 is 0. The fraction of sp³-hybridized carbons (Fsp3) is 0.158. The first-order valence-corrected chi connectivity index (χ1v) is 7.15. The molecule has 3 aromatic rings. The van der Waals surface area contributed by atoms with Crippen molar-refractivity contribution in [3.8, 4) is 0 Å². The van der Waals surface area contributed by atoms with Crippen molar-refractivity contribution in [1.82, 2.24) is 4.57 Å². The molecule has 0 unspecified atom stereocenters. The molecule has 2 aromatic carbocycles. The summed E-state index contributed by atoms with van der Waals surface area (Å²) in [6.07, 6.45) is 5.77. The zero-order valence-electron chi connectivity index (χ0n) is 12.3. The summed E-state index contributed by atoms with van der Waals surface area (Å²) in [5.41, 5.74) is 4.40. The fourth-order valence-electron chi connectivity index (χ4n) is 2.63. The number of aromatic nitrogens is 1. The standard InChI is InChI=1S/C19H19NO/c1-14(21)18-6-4-3-5-16(18)9-7-15-8-10-19-17(13-15)11-12-20(19)2/h3-14,21H,1-2H3/b9-7+/t14-/m0/s1. The van der Waals surface area contributed by atoms with E-state index in [9.17, 15) is 5.11 Å². The first-order chi connectivity index (χ1) is 10.1. The number of hydrogen-bond donors (Lipinski definition) is 1. The Morgan fingerprint density at radius 2 is 1.86 bits per heavy atom. The van der Waals surface area contributed by atoms with Gasteiger partial charge in [-0.2, -0.15) is 0 Å². The van der Waals surface area contributed by atoms with Gasteiger partial charge >= 0.3 is 0 Å². The van der Waals surface area contributed by atoms with Gasteiger partial charge in [0, 0.05) is 24.1 Å². The second-order valence-electron chi connectivity index (χ2n) is 5.38. The Hall–Kier alpha value is -2.32. The van der Waals surface area contributed by atoms with Crippen molar-refractivity contribution in [2.45, 2.75) is 13.0 Å². The number of hydrogen-bond acceptors (Lipinski definition) is 1. The van der Waals surface area contributed by atoms with Gasteiger partial charge in [0.1, 0.15) is 0 Å². The molecule has 0 spiro atoms. The lowest BCUT2D eigenvalue weighted by Crippen LogP contribution is -1.93. The number of nitrogens with zero attached hydrogens (tertiary/aromatic N) is 1. The first-order valence-electron chi connectivity index (χ1n) is 7.15. The van der Waals surface area contributed by atoms with E-state index in [4.69, 9.17) is 0 Å². The van der Waals surface area contributed by atoms with Crippen LogP contribution in [0.2, 0.25) is 0 Å². The molecule has 0 aliphatic heterocycles. The molecule has 21 heavy (non-hydrogen) atoms. The van der Waals surface area contributed by atoms with Crippen LogP contribution >= 0.6 is 0 Å². The number of aryl methyl sites for hydroxylation is 1. The summed E-state index contributed by atoms with van der Waals surface area (Å²) in [5.74, 6) is 0. The molecular weight excluding hydrogens is 258 g/mol. The molecule has 106 valence electrons. The second kappa shape index (κ2) is 5.58. The average molecular weight is 277 g/mol. The molecule has 0 saturated heterocycles. The van der Waals surface area contributed by atoms with Crippen LogP contribution in [-0.2, 0) is 7.05 Å². The minimum absolute atomic E-state index is 0.456. The third kappa shape index (κ3) is 2.76. The number of aliphatic hydroxyl groups is 1. The molecule has 0 aliphatic rings. The zero-order valence-corrected chi connectivity index (χ0v) is 12.3. The number of fused-ring (bicyclic) bond motifs is 1. The van der Waals surface area contributed by atoms with E-state index in [0.717, 1.165) is 16.7 Å². The van der Waals surface area contributed by atoms with Gasteiger partial charge in [0.15, 0.2) is 0 Å². The van der Waals surface area contributed by atoms with E-state index in [1.54, 1.807) is 6.92 Å². The lowest BCUT2D eigenvalue weighted by atomic mass is 10.0. The van der Waals surface area contributed by atoms with Gasteiger partial charge in [-0.3, -0.25) is 0 Å². The van der Waals surface area contributed by atoms with Crippen LogP contribution in [0.1, 0.15) is 29.7 Å². The van der Waals surface area contributed by atoms with Gasteiger partial charge in [0.05, 0.1) is 6.10 Å². The highest BCUT2D eigenvalue weighted by molar-refractivity contribution is 5.84. The van der Waals surface area contributed by atoms with Crippen molar-refractivity contribution in [2.24, 2.45) is 7.05 Å². The third-order valence-electron chi connectivity index (χ3n) is 3.81. The maximum Gasteiger partial charge on any atom is 0.0767 e. The monoisotopic (exact) mass is 277 g/mol. The molecule has 1 aromatic heterocycles. The zero-order chi connectivity index (χ0) is 14.8. The molecule has 0 aliphatic carbocycles. The fourth-order valence-corrected chi connectivity index (χ4v) is 2.63. The summed E-state index contributed by atoms with van der Waals surface area (Å²) in [4.78, 5) is 0. The van der Waals surface area contributed by atoms with Crippen LogP contribution < -0.4 is 0 Å². The SMILES string of the molecule is C[C@H](O)c1ccccc1/C=C/c1ccc2c(ccn2C)c1. The molecular formula is C19H19NO. The van der Waals surface area contributed by atoms with Crippen LogP contribution in [0.25, 0.3) is 23.1 Å². The normalized spacial score (nSPS) is 13.1. The molecule has 1 atom stereocenters.